The topological polar surface area (TPSA) is 54.7 Å². The van der Waals surface area contributed by atoms with Crippen LogP contribution in [0.1, 0.15) is 37.8 Å². The molecule has 0 atom stereocenters. The Balaban J connectivity index is 1.92. The lowest BCUT2D eigenvalue weighted by molar-refractivity contribution is 0.354. The molecule has 0 aliphatic heterocycles. The van der Waals surface area contributed by atoms with Crippen LogP contribution in [-0.4, -0.2) is 10.2 Å². The van der Waals surface area contributed by atoms with Gasteiger partial charge in [0, 0.05) is 16.8 Å². The Hall–Kier alpha value is -1.55. The van der Waals surface area contributed by atoms with Gasteiger partial charge in [-0.3, -0.25) is 5.10 Å². The fraction of sp³-hybridized carbons (Fsp3) is 0.438. The molecule has 3 nitrogen and oxygen atoms in total. The van der Waals surface area contributed by atoms with Crippen LogP contribution in [0, 0.1) is 11.7 Å². The Morgan fingerprint density at radius 3 is 2.76 bits per heavy atom. The predicted octanol–water partition coefficient (Wildman–Crippen LogP) is 4.57. The number of nitrogens with zero attached hydrogens (tertiary/aromatic N) is 1. The minimum absolute atomic E-state index is 0.348. The molecule has 5 heteroatoms. The monoisotopic (exact) mass is 307 g/mol. The number of aromatic amines is 1. The van der Waals surface area contributed by atoms with E-state index >= 15 is 0 Å². The van der Waals surface area contributed by atoms with E-state index in [4.69, 9.17) is 17.3 Å². The zero-order valence-corrected chi connectivity index (χ0v) is 12.6. The Bertz CT molecular complexity index is 632. The van der Waals surface area contributed by atoms with Gasteiger partial charge >= 0.3 is 0 Å². The molecule has 0 amide bonds. The van der Waals surface area contributed by atoms with Crippen LogP contribution in [-0.2, 0) is 6.42 Å². The van der Waals surface area contributed by atoms with Gasteiger partial charge in [-0.1, -0.05) is 43.7 Å². The van der Waals surface area contributed by atoms with Crippen molar-refractivity contribution in [3.63, 3.8) is 0 Å². The maximum absolute atomic E-state index is 13.2. The van der Waals surface area contributed by atoms with Crippen LogP contribution in [0.4, 0.5) is 10.2 Å². The van der Waals surface area contributed by atoms with Gasteiger partial charge in [-0.05, 0) is 30.5 Å². The van der Waals surface area contributed by atoms with Crippen LogP contribution >= 0.6 is 11.6 Å². The number of hydrogen-bond acceptors (Lipinski definition) is 2. The number of nitrogens with one attached hydrogen (secondary N) is 1. The number of nitrogen functional groups attached to an aromatic ring is 1. The molecule has 0 bridgehead atoms. The zero-order valence-electron chi connectivity index (χ0n) is 11.8. The SMILES string of the molecule is Nc1n[nH]c(CC2CCCCC2)c1-c1ccc(F)cc1Cl. The van der Waals surface area contributed by atoms with Crippen LogP contribution in [0.3, 0.4) is 0 Å². The first-order chi connectivity index (χ1) is 10.1. The lowest BCUT2D eigenvalue weighted by Gasteiger charge is -2.21. The summed E-state index contributed by atoms with van der Waals surface area (Å²) in [5, 5.41) is 7.53. The third-order valence-corrected chi connectivity index (χ3v) is 4.60. The zero-order chi connectivity index (χ0) is 14.8. The molecule has 112 valence electrons. The molecular formula is C16H19ClFN3. The van der Waals surface area contributed by atoms with Gasteiger partial charge in [0.05, 0.1) is 5.02 Å². The summed E-state index contributed by atoms with van der Waals surface area (Å²) in [5.74, 6) is 0.741. The molecule has 0 spiro atoms. The Labute approximate surface area is 128 Å². The van der Waals surface area contributed by atoms with Crippen LogP contribution in [0.5, 0.6) is 0 Å². The van der Waals surface area contributed by atoms with E-state index in [9.17, 15) is 4.39 Å². The van der Waals surface area contributed by atoms with E-state index in [0.717, 1.165) is 23.2 Å². The molecule has 21 heavy (non-hydrogen) atoms. The summed E-state index contributed by atoms with van der Waals surface area (Å²) in [6.07, 6.45) is 7.33. The average molecular weight is 308 g/mol. The minimum atomic E-state index is -0.348. The maximum atomic E-state index is 13.2. The molecule has 1 aliphatic carbocycles. The Kier molecular flexibility index (Phi) is 4.15. The van der Waals surface area contributed by atoms with Crippen molar-refractivity contribution in [3.05, 3.63) is 34.7 Å². The fourth-order valence-electron chi connectivity index (χ4n) is 3.21. The molecule has 1 fully saturated rings. The van der Waals surface area contributed by atoms with Crippen molar-refractivity contribution in [2.45, 2.75) is 38.5 Å². The highest BCUT2D eigenvalue weighted by molar-refractivity contribution is 6.33. The summed E-state index contributed by atoms with van der Waals surface area (Å²) < 4.78 is 13.2. The molecule has 3 rings (SSSR count). The second-order valence-corrected chi connectivity index (χ2v) is 6.20. The Morgan fingerprint density at radius 1 is 1.29 bits per heavy atom. The highest BCUT2D eigenvalue weighted by atomic mass is 35.5. The summed E-state index contributed by atoms with van der Waals surface area (Å²) in [6.45, 7) is 0. The van der Waals surface area contributed by atoms with E-state index in [2.05, 4.69) is 10.2 Å². The standard InChI is InChI=1S/C16H19ClFN3/c17-13-9-11(18)6-7-12(13)15-14(20-21-16(15)19)8-10-4-2-1-3-5-10/h6-7,9-10H,1-5,8H2,(H3,19,20,21). The smallest absolute Gasteiger partial charge is 0.153 e. The van der Waals surface area contributed by atoms with Gasteiger partial charge in [-0.15, -0.1) is 0 Å². The van der Waals surface area contributed by atoms with Gasteiger partial charge in [0.25, 0.3) is 0 Å². The molecule has 1 aromatic heterocycles. The van der Waals surface area contributed by atoms with Gasteiger partial charge < -0.3 is 5.73 Å². The summed E-state index contributed by atoms with van der Waals surface area (Å²) in [7, 11) is 0. The largest absolute Gasteiger partial charge is 0.382 e. The van der Waals surface area contributed by atoms with E-state index in [0.29, 0.717) is 16.8 Å². The normalized spacial score (nSPS) is 16.3. The summed E-state index contributed by atoms with van der Waals surface area (Å²) in [5.41, 5.74) is 8.57. The number of H-pyrrole nitrogens is 1. The number of nitrogens with two attached hydrogens (primary N) is 1. The molecule has 1 aromatic carbocycles. The van der Waals surface area contributed by atoms with E-state index < -0.39 is 0 Å². The molecule has 0 saturated heterocycles. The quantitative estimate of drug-likeness (QED) is 0.872. The van der Waals surface area contributed by atoms with Crippen molar-refractivity contribution in [1.82, 2.24) is 10.2 Å². The van der Waals surface area contributed by atoms with Crippen molar-refractivity contribution >= 4 is 17.4 Å². The van der Waals surface area contributed by atoms with Crippen molar-refractivity contribution < 1.29 is 4.39 Å². The molecule has 0 unspecified atom stereocenters. The molecular weight excluding hydrogens is 289 g/mol. The second-order valence-electron chi connectivity index (χ2n) is 5.79. The van der Waals surface area contributed by atoms with Crippen LogP contribution in [0.2, 0.25) is 5.02 Å². The van der Waals surface area contributed by atoms with Gasteiger partial charge in [-0.25, -0.2) is 4.39 Å². The first-order valence-electron chi connectivity index (χ1n) is 7.43. The molecule has 3 N–H and O–H groups in total. The number of rotatable bonds is 3. The lowest BCUT2D eigenvalue weighted by atomic mass is 9.85. The molecule has 1 heterocycles. The molecule has 1 aliphatic rings. The molecule has 1 saturated carbocycles. The van der Waals surface area contributed by atoms with Gasteiger partial charge in [0.1, 0.15) is 5.82 Å². The van der Waals surface area contributed by atoms with Crippen molar-refractivity contribution in [2.24, 2.45) is 5.92 Å². The second kappa shape index (κ2) is 6.06. The highest BCUT2D eigenvalue weighted by Gasteiger charge is 2.21. The number of anilines is 1. The van der Waals surface area contributed by atoms with Gasteiger partial charge in [0.2, 0.25) is 0 Å². The van der Waals surface area contributed by atoms with E-state index in [1.54, 1.807) is 6.07 Å². The van der Waals surface area contributed by atoms with Gasteiger partial charge in [0.15, 0.2) is 5.82 Å². The average Bonchev–Trinajstić information content (AvgIpc) is 2.81. The first-order valence-corrected chi connectivity index (χ1v) is 7.81. The first kappa shape index (κ1) is 14.4. The van der Waals surface area contributed by atoms with Crippen LogP contribution in [0.15, 0.2) is 18.2 Å². The third-order valence-electron chi connectivity index (χ3n) is 4.29. The van der Waals surface area contributed by atoms with Crippen LogP contribution in [0.25, 0.3) is 11.1 Å². The fourth-order valence-corrected chi connectivity index (χ4v) is 3.48. The predicted molar refractivity (Wildman–Crippen MR) is 83.7 cm³/mol. The summed E-state index contributed by atoms with van der Waals surface area (Å²) in [4.78, 5) is 0. The minimum Gasteiger partial charge on any atom is -0.382 e. The molecule has 2 aromatic rings. The van der Waals surface area contributed by atoms with Gasteiger partial charge in [-0.2, -0.15) is 5.10 Å². The number of benzene rings is 1. The maximum Gasteiger partial charge on any atom is 0.153 e. The number of aromatic nitrogens is 2. The van der Waals surface area contributed by atoms with E-state index in [1.807, 2.05) is 0 Å². The Morgan fingerprint density at radius 2 is 2.05 bits per heavy atom. The summed E-state index contributed by atoms with van der Waals surface area (Å²) >= 11 is 6.17. The van der Waals surface area contributed by atoms with Crippen molar-refractivity contribution in [2.75, 3.05) is 5.73 Å². The highest BCUT2D eigenvalue weighted by Crippen LogP contribution is 2.36. The van der Waals surface area contributed by atoms with Crippen molar-refractivity contribution in [1.29, 1.82) is 0 Å². The van der Waals surface area contributed by atoms with Crippen molar-refractivity contribution in [3.8, 4) is 11.1 Å². The van der Waals surface area contributed by atoms with E-state index in [1.165, 1.54) is 44.2 Å². The number of hydrogen-bond donors (Lipinski definition) is 2. The number of halogens is 2. The summed E-state index contributed by atoms with van der Waals surface area (Å²) in [6, 6.07) is 4.38. The molecule has 0 radical (unpaired) electrons. The third kappa shape index (κ3) is 3.05. The lowest BCUT2D eigenvalue weighted by Crippen LogP contribution is -2.10. The van der Waals surface area contributed by atoms with E-state index in [-0.39, 0.29) is 5.82 Å². The van der Waals surface area contributed by atoms with Crippen LogP contribution < -0.4 is 5.73 Å².